The summed E-state index contributed by atoms with van der Waals surface area (Å²) in [7, 11) is 0. The number of nitrogens with zero attached hydrogens (tertiary/aromatic N) is 1. The molecule has 1 amide bonds. The van der Waals surface area contributed by atoms with Gasteiger partial charge >= 0.3 is 0 Å². The molecule has 0 radical (unpaired) electrons. The Morgan fingerprint density at radius 1 is 1.56 bits per heavy atom. The van der Waals surface area contributed by atoms with Crippen molar-refractivity contribution in [3.05, 3.63) is 22.4 Å². The lowest BCUT2D eigenvalue weighted by Gasteiger charge is -2.23. The summed E-state index contributed by atoms with van der Waals surface area (Å²) in [5, 5.41) is 2.03. The van der Waals surface area contributed by atoms with Gasteiger partial charge in [-0.25, -0.2) is 0 Å². The van der Waals surface area contributed by atoms with Crippen LogP contribution in [0.1, 0.15) is 31.6 Å². The molecule has 2 N–H and O–H groups in total. The highest BCUT2D eigenvalue weighted by Gasteiger charge is 2.19. The van der Waals surface area contributed by atoms with E-state index in [-0.39, 0.29) is 11.9 Å². The third kappa shape index (κ3) is 3.61. The lowest BCUT2D eigenvalue weighted by molar-refractivity contribution is -0.133. The fourth-order valence-corrected chi connectivity index (χ4v) is 2.32. The molecule has 0 saturated carbocycles. The molecule has 16 heavy (non-hydrogen) atoms. The Hall–Kier alpha value is -0.870. The van der Waals surface area contributed by atoms with Gasteiger partial charge in [0.25, 0.3) is 0 Å². The molecule has 0 spiro atoms. The average Bonchev–Trinajstić information content (AvgIpc) is 2.78. The van der Waals surface area contributed by atoms with Crippen LogP contribution in [-0.4, -0.2) is 23.4 Å². The van der Waals surface area contributed by atoms with Gasteiger partial charge in [0.1, 0.15) is 0 Å². The lowest BCUT2D eigenvalue weighted by atomic mass is 10.1. The van der Waals surface area contributed by atoms with Gasteiger partial charge in [0, 0.05) is 11.4 Å². The third-order valence-corrected chi connectivity index (χ3v) is 3.40. The van der Waals surface area contributed by atoms with Crippen LogP contribution in [0.5, 0.6) is 0 Å². The second-order valence-electron chi connectivity index (χ2n) is 3.83. The van der Waals surface area contributed by atoms with Crippen molar-refractivity contribution in [2.75, 3.05) is 6.54 Å². The summed E-state index contributed by atoms with van der Waals surface area (Å²) in [5.41, 5.74) is 5.85. The van der Waals surface area contributed by atoms with Gasteiger partial charge in [-0.2, -0.15) is 0 Å². The minimum Gasteiger partial charge on any atom is -0.336 e. The standard InChI is InChI=1S/C12H20N2OS/c1-3-6-11(13)12(15)14(4-2)9-10-7-5-8-16-10/h5,7-8,11H,3-4,6,9,13H2,1-2H3/t11-/m0/s1. The smallest absolute Gasteiger partial charge is 0.239 e. The first-order chi connectivity index (χ1) is 7.69. The summed E-state index contributed by atoms with van der Waals surface area (Å²) in [5.74, 6) is 0.0674. The van der Waals surface area contributed by atoms with Crippen LogP contribution in [0.3, 0.4) is 0 Å². The molecular formula is C12H20N2OS. The van der Waals surface area contributed by atoms with E-state index in [2.05, 4.69) is 0 Å². The predicted octanol–water partition coefficient (Wildman–Crippen LogP) is 2.22. The normalized spacial score (nSPS) is 12.4. The number of carbonyl (C=O) groups excluding carboxylic acids is 1. The first-order valence-electron chi connectivity index (χ1n) is 5.75. The molecule has 0 aromatic carbocycles. The zero-order valence-corrected chi connectivity index (χ0v) is 10.8. The number of thiophene rings is 1. The Labute approximate surface area is 101 Å². The van der Waals surface area contributed by atoms with Crippen molar-refractivity contribution in [1.29, 1.82) is 0 Å². The van der Waals surface area contributed by atoms with Crippen molar-refractivity contribution in [3.8, 4) is 0 Å². The molecule has 0 aliphatic carbocycles. The average molecular weight is 240 g/mol. The van der Waals surface area contributed by atoms with Crippen molar-refractivity contribution >= 4 is 17.2 Å². The SMILES string of the molecule is CCC[C@H](N)C(=O)N(CC)Cc1cccs1. The summed E-state index contributed by atoms with van der Waals surface area (Å²) in [6.07, 6.45) is 1.71. The highest BCUT2D eigenvalue weighted by molar-refractivity contribution is 7.09. The maximum Gasteiger partial charge on any atom is 0.239 e. The molecule has 0 bridgehead atoms. The van der Waals surface area contributed by atoms with E-state index in [1.165, 1.54) is 4.88 Å². The molecule has 90 valence electrons. The Bertz CT molecular complexity index is 311. The fourth-order valence-electron chi connectivity index (χ4n) is 1.61. The summed E-state index contributed by atoms with van der Waals surface area (Å²) in [6, 6.07) is 3.71. The van der Waals surface area contributed by atoms with E-state index in [1.54, 1.807) is 11.3 Å². The number of hydrogen-bond donors (Lipinski definition) is 1. The molecule has 1 aromatic heterocycles. The number of nitrogens with two attached hydrogens (primary N) is 1. The summed E-state index contributed by atoms with van der Waals surface area (Å²) in [6.45, 7) is 5.44. The predicted molar refractivity (Wildman–Crippen MR) is 68.3 cm³/mol. The molecular weight excluding hydrogens is 220 g/mol. The largest absolute Gasteiger partial charge is 0.336 e. The van der Waals surface area contributed by atoms with Crippen molar-refractivity contribution in [2.24, 2.45) is 5.73 Å². The van der Waals surface area contributed by atoms with Gasteiger partial charge in [-0.15, -0.1) is 11.3 Å². The third-order valence-electron chi connectivity index (χ3n) is 2.54. The lowest BCUT2D eigenvalue weighted by Crippen LogP contribution is -2.43. The Balaban J connectivity index is 2.56. The molecule has 0 fully saturated rings. The molecule has 1 atom stereocenters. The maximum atomic E-state index is 12.0. The monoisotopic (exact) mass is 240 g/mol. The maximum absolute atomic E-state index is 12.0. The van der Waals surface area contributed by atoms with Crippen molar-refractivity contribution in [2.45, 2.75) is 39.3 Å². The fraction of sp³-hybridized carbons (Fsp3) is 0.583. The van der Waals surface area contributed by atoms with Crippen LogP contribution in [-0.2, 0) is 11.3 Å². The second-order valence-corrected chi connectivity index (χ2v) is 4.86. The van der Waals surface area contributed by atoms with Gasteiger partial charge in [0.15, 0.2) is 0 Å². The topological polar surface area (TPSA) is 46.3 Å². The number of rotatable bonds is 6. The molecule has 4 heteroatoms. The molecule has 3 nitrogen and oxygen atoms in total. The van der Waals surface area contributed by atoms with E-state index in [0.29, 0.717) is 13.1 Å². The molecule has 0 aliphatic heterocycles. The molecule has 1 rings (SSSR count). The quantitative estimate of drug-likeness (QED) is 0.828. The van der Waals surface area contributed by atoms with E-state index in [9.17, 15) is 4.79 Å². The van der Waals surface area contributed by atoms with E-state index in [1.807, 2.05) is 36.3 Å². The van der Waals surface area contributed by atoms with Crippen molar-refractivity contribution in [3.63, 3.8) is 0 Å². The van der Waals surface area contributed by atoms with Crippen LogP contribution in [0.25, 0.3) is 0 Å². The zero-order chi connectivity index (χ0) is 12.0. The zero-order valence-electron chi connectivity index (χ0n) is 9.98. The van der Waals surface area contributed by atoms with Gasteiger partial charge < -0.3 is 10.6 Å². The van der Waals surface area contributed by atoms with Gasteiger partial charge in [-0.1, -0.05) is 19.4 Å². The van der Waals surface area contributed by atoms with Crippen LogP contribution in [0.15, 0.2) is 17.5 Å². The Kier molecular flexibility index (Phi) is 5.49. The summed E-state index contributed by atoms with van der Waals surface area (Å²) in [4.78, 5) is 15.0. The van der Waals surface area contributed by atoms with Crippen LogP contribution < -0.4 is 5.73 Å². The van der Waals surface area contributed by atoms with E-state index >= 15 is 0 Å². The van der Waals surface area contributed by atoms with Crippen molar-refractivity contribution < 1.29 is 4.79 Å². The first-order valence-corrected chi connectivity index (χ1v) is 6.63. The number of carbonyl (C=O) groups is 1. The van der Waals surface area contributed by atoms with Gasteiger partial charge in [-0.3, -0.25) is 4.79 Å². The van der Waals surface area contributed by atoms with Crippen LogP contribution in [0.2, 0.25) is 0 Å². The van der Waals surface area contributed by atoms with Crippen LogP contribution in [0.4, 0.5) is 0 Å². The molecule has 0 saturated heterocycles. The van der Waals surface area contributed by atoms with Crippen LogP contribution in [0, 0.1) is 0 Å². The van der Waals surface area contributed by atoms with E-state index in [4.69, 9.17) is 5.73 Å². The van der Waals surface area contributed by atoms with Gasteiger partial charge in [0.2, 0.25) is 5.91 Å². The Morgan fingerprint density at radius 3 is 2.81 bits per heavy atom. The van der Waals surface area contributed by atoms with Crippen LogP contribution >= 0.6 is 11.3 Å². The van der Waals surface area contributed by atoms with Crippen molar-refractivity contribution in [1.82, 2.24) is 4.90 Å². The highest BCUT2D eigenvalue weighted by Crippen LogP contribution is 2.12. The molecule has 1 aromatic rings. The number of likely N-dealkylation sites (N-methyl/N-ethyl adjacent to an activating group) is 1. The van der Waals surface area contributed by atoms with E-state index < -0.39 is 0 Å². The van der Waals surface area contributed by atoms with Gasteiger partial charge in [0.05, 0.1) is 12.6 Å². The Morgan fingerprint density at radius 2 is 2.31 bits per heavy atom. The first kappa shape index (κ1) is 13.2. The van der Waals surface area contributed by atoms with E-state index in [0.717, 1.165) is 12.8 Å². The number of amides is 1. The molecule has 0 aliphatic rings. The van der Waals surface area contributed by atoms with Gasteiger partial charge in [-0.05, 0) is 24.8 Å². The number of hydrogen-bond acceptors (Lipinski definition) is 3. The molecule has 1 heterocycles. The molecule has 0 unspecified atom stereocenters. The minimum atomic E-state index is -0.343. The summed E-state index contributed by atoms with van der Waals surface area (Å²) >= 11 is 1.67. The second kappa shape index (κ2) is 6.66. The summed E-state index contributed by atoms with van der Waals surface area (Å²) < 4.78 is 0. The highest BCUT2D eigenvalue weighted by atomic mass is 32.1. The minimum absolute atomic E-state index is 0.0674.